The highest BCUT2D eigenvalue weighted by Gasteiger charge is 2.37. The van der Waals surface area contributed by atoms with Crippen molar-refractivity contribution in [2.75, 3.05) is 31.1 Å². The van der Waals surface area contributed by atoms with Gasteiger partial charge >= 0.3 is 0 Å². The van der Waals surface area contributed by atoms with Crippen molar-refractivity contribution in [1.29, 1.82) is 0 Å². The molecule has 0 radical (unpaired) electrons. The van der Waals surface area contributed by atoms with E-state index in [2.05, 4.69) is 48.3 Å². The van der Waals surface area contributed by atoms with E-state index < -0.39 is 0 Å². The van der Waals surface area contributed by atoms with Gasteiger partial charge in [0.1, 0.15) is 11.4 Å². The van der Waals surface area contributed by atoms with E-state index in [1.165, 1.54) is 38.2 Å². The first-order valence-corrected chi connectivity index (χ1v) is 8.50. The zero-order valence-corrected chi connectivity index (χ0v) is 13.4. The van der Waals surface area contributed by atoms with Crippen LogP contribution in [-0.2, 0) is 0 Å². The molecule has 1 aromatic rings. The predicted molar refractivity (Wildman–Crippen MR) is 88.2 cm³/mol. The third kappa shape index (κ3) is 3.03. The summed E-state index contributed by atoms with van der Waals surface area (Å²) in [5.74, 6) is 1.88. The number of benzene rings is 1. The van der Waals surface area contributed by atoms with Crippen molar-refractivity contribution in [3.63, 3.8) is 0 Å². The van der Waals surface area contributed by atoms with Crippen LogP contribution in [0.4, 0.5) is 5.69 Å². The molecule has 1 fully saturated rings. The maximum Gasteiger partial charge on any atom is 0.143 e. The molecule has 0 saturated carbocycles. The number of ether oxygens (including phenoxy) is 1. The molecule has 21 heavy (non-hydrogen) atoms. The van der Waals surface area contributed by atoms with Gasteiger partial charge < -0.3 is 15.0 Å². The highest BCUT2D eigenvalue weighted by molar-refractivity contribution is 5.60. The average Bonchev–Trinajstić information content (AvgIpc) is 2.55. The van der Waals surface area contributed by atoms with E-state index in [1.54, 1.807) is 0 Å². The van der Waals surface area contributed by atoms with Gasteiger partial charge in [0.2, 0.25) is 0 Å². The maximum atomic E-state index is 6.38. The Kier molecular flexibility index (Phi) is 4.39. The van der Waals surface area contributed by atoms with E-state index in [0.717, 1.165) is 31.1 Å². The molecule has 2 heterocycles. The van der Waals surface area contributed by atoms with Crippen LogP contribution in [0.2, 0.25) is 0 Å². The number of piperidine rings is 1. The second kappa shape index (κ2) is 6.27. The second-order valence-electron chi connectivity index (χ2n) is 6.53. The van der Waals surface area contributed by atoms with Crippen molar-refractivity contribution in [1.82, 2.24) is 5.32 Å². The largest absolute Gasteiger partial charge is 0.483 e. The van der Waals surface area contributed by atoms with Crippen molar-refractivity contribution in [3.8, 4) is 5.75 Å². The highest BCUT2D eigenvalue weighted by Crippen LogP contribution is 2.40. The molecule has 0 bridgehead atoms. The minimum absolute atomic E-state index is 0.0126. The van der Waals surface area contributed by atoms with Gasteiger partial charge in [-0.15, -0.1) is 0 Å². The quantitative estimate of drug-likeness (QED) is 0.918. The van der Waals surface area contributed by atoms with Gasteiger partial charge in [0.05, 0.1) is 12.2 Å². The van der Waals surface area contributed by atoms with Gasteiger partial charge in [-0.1, -0.05) is 26.0 Å². The predicted octanol–water partition coefficient (Wildman–Crippen LogP) is 3.44. The van der Waals surface area contributed by atoms with Crippen LogP contribution in [-0.4, -0.2) is 31.8 Å². The number of fused-ring (bicyclic) bond motifs is 1. The Morgan fingerprint density at radius 2 is 1.90 bits per heavy atom. The third-order valence-electron chi connectivity index (χ3n) is 5.24. The number of para-hydroxylation sites is 2. The zero-order valence-electron chi connectivity index (χ0n) is 13.4. The molecular weight excluding hydrogens is 260 g/mol. The normalized spacial score (nSPS) is 21.7. The summed E-state index contributed by atoms with van der Waals surface area (Å²) in [6.07, 6.45) is 4.73. The van der Waals surface area contributed by atoms with E-state index in [0.29, 0.717) is 0 Å². The highest BCUT2D eigenvalue weighted by atomic mass is 16.5. The fourth-order valence-corrected chi connectivity index (χ4v) is 3.66. The van der Waals surface area contributed by atoms with Gasteiger partial charge in [0.25, 0.3) is 0 Å². The third-order valence-corrected chi connectivity index (χ3v) is 5.24. The summed E-state index contributed by atoms with van der Waals surface area (Å²) >= 11 is 0. The molecule has 116 valence electrons. The molecule has 0 spiro atoms. The Morgan fingerprint density at radius 1 is 1.19 bits per heavy atom. The lowest BCUT2D eigenvalue weighted by molar-refractivity contribution is 0.0561. The Labute approximate surface area is 128 Å². The van der Waals surface area contributed by atoms with Crippen molar-refractivity contribution in [3.05, 3.63) is 24.3 Å². The van der Waals surface area contributed by atoms with Crippen LogP contribution in [0.3, 0.4) is 0 Å². The lowest BCUT2D eigenvalue weighted by Gasteiger charge is -2.45. The SMILES string of the molecule is CCC1(CC)CN(CC2CCNCC2)c2ccccc2O1. The van der Waals surface area contributed by atoms with Crippen LogP contribution in [0.15, 0.2) is 24.3 Å². The van der Waals surface area contributed by atoms with Gasteiger partial charge in [-0.05, 0) is 56.8 Å². The molecule has 0 aliphatic carbocycles. The van der Waals surface area contributed by atoms with E-state index in [1.807, 2.05) is 0 Å². The number of nitrogens with zero attached hydrogens (tertiary/aromatic N) is 1. The number of hydrogen-bond acceptors (Lipinski definition) is 3. The van der Waals surface area contributed by atoms with Crippen molar-refractivity contribution in [2.24, 2.45) is 5.92 Å². The van der Waals surface area contributed by atoms with E-state index in [-0.39, 0.29) is 5.60 Å². The van der Waals surface area contributed by atoms with Crippen LogP contribution in [0.5, 0.6) is 5.75 Å². The molecule has 0 atom stereocenters. The minimum Gasteiger partial charge on any atom is -0.483 e. The first kappa shape index (κ1) is 14.7. The molecule has 1 N–H and O–H groups in total. The summed E-state index contributed by atoms with van der Waals surface area (Å²) in [7, 11) is 0. The average molecular weight is 288 g/mol. The number of hydrogen-bond donors (Lipinski definition) is 1. The van der Waals surface area contributed by atoms with Crippen molar-refractivity contribution < 1.29 is 4.74 Å². The number of rotatable bonds is 4. The minimum atomic E-state index is -0.0126. The molecule has 0 aromatic heterocycles. The molecule has 3 rings (SSSR count). The molecule has 1 aromatic carbocycles. The lowest BCUT2D eigenvalue weighted by Crippen LogP contribution is -2.52. The summed E-state index contributed by atoms with van der Waals surface area (Å²) < 4.78 is 6.38. The van der Waals surface area contributed by atoms with Crippen LogP contribution < -0.4 is 15.0 Å². The molecule has 0 amide bonds. The molecule has 2 aliphatic rings. The van der Waals surface area contributed by atoms with Crippen LogP contribution >= 0.6 is 0 Å². The first-order valence-electron chi connectivity index (χ1n) is 8.50. The second-order valence-corrected chi connectivity index (χ2v) is 6.53. The van der Waals surface area contributed by atoms with Crippen LogP contribution in [0.25, 0.3) is 0 Å². The van der Waals surface area contributed by atoms with Gasteiger partial charge in [0, 0.05) is 6.54 Å². The van der Waals surface area contributed by atoms with Crippen LogP contribution in [0.1, 0.15) is 39.5 Å². The summed E-state index contributed by atoms with van der Waals surface area (Å²) in [5, 5.41) is 3.47. The Balaban J connectivity index is 1.83. The van der Waals surface area contributed by atoms with Crippen molar-refractivity contribution >= 4 is 5.69 Å². The van der Waals surface area contributed by atoms with Gasteiger partial charge in [-0.25, -0.2) is 0 Å². The number of nitrogens with one attached hydrogen (secondary N) is 1. The first-order chi connectivity index (χ1) is 10.3. The number of anilines is 1. The molecule has 1 saturated heterocycles. The summed E-state index contributed by atoms with van der Waals surface area (Å²) in [4.78, 5) is 2.59. The van der Waals surface area contributed by atoms with Gasteiger partial charge in [-0.3, -0.25) is 0 Å². The molecule has 2 aliphatic heterocycles. The summed E-state index contributed by atoms with van der Waals surface area (Å²) in [6.45, 7) is 9.04. The Hall–Kier alpha value is -1.22. The lowest BCUT2D eigenvalue weighted by atomic mass is 9.91. The van der Waals surface area contributed by atoms with Crippen molar-refractivity contribution in [2.45, 2.75) is 45.1 Å². The fraction of sp³-hybridized carbons (Fsp3) is 0.667. The van der Waals surface area contributed by atoms with Gasteiger partial charge in [-0.2, -0.15) is 0 Å². The fourth-order valence-electron chi connectivity index (χ4n) is 3.66. The molecule has 3 heteroatoms. The Bertz CT molecular complexity index is 464. The monoisotopic (exact) mass is 288 g/mol. The topological polar surface area (TPSA) is 24.5 Å². The summed E-state index contributed by atoms with van der Waals surface area (Å²) in [6, 6.07) is 8.56. The van der Waals surface area contributed by atoms with E-state index in [4.69, 9.17) is 4.74 Å². The summed E-state index contributed by atoms with van der Waals surface area (Å²) in [5.41, 5.74) is 1.27. The van der Waals surface area contributed by atoms with Gasteiger partial charge in [0.15, 0.2) is 0 Å². The van der Waals surface area contributed by atoms with E-state index in [9.17, 15) is 0 Å². The maximum absolute atomic E-state index is 6.38. The Morgan fingerprint density at radius 3 is 2.62 bits per heavy atom. The van der Waals surface area contributed by atoms with E-state index >= 15 is 0 Å². The molecule has 0 unspecified atom stereocenters. The standard InChI is InChI=1S/C18H28N2O/c1-3-18(4-2)14-20(13-15-9-11-19-12-10-15)16-7-5-6-8-17(16)21-18/h5-8,15,19H,3-4,9-14H2,1-2H3. The molecular formula is C18H28N2O. The van der Waals surface area contributed by atoms with Crippen LogP contribution in [0, 0.1) is 5.92 Å². The molecule has 3 nitrogen and oxygen atoms in total. The zero-order chi connectivity index (χ0) is 14.7. The smallest absolute Gasteiger partial charge is 0.143 e.